The quantitative estimate of drug-likeness (QED) is 0.161. The van der Waals surface area contributed by atoms with Gasteiger partial charge in [0.1, 0.15) is 0 Å². The van der Waals surface area contributed by atoms with E-state index in [-0.39, 0.29) is 0 Å². The first-order valence-corrected chi connectivity index (χ1v) is 27.6. The molecule has 3 aliphatic rings. The number of thiophene rings is 1. The zero-order valence-electron chi connectivity index (χ0n) is 41.9. The number of rotatable bonds is 6. The van der Waals surface area contributed by atoms with Crippen molar-refractivity contribution >= 4 is 70.4 Å². The van der Waals surface area contributed by atoms with Gasteiger partial charge in [-0.3, -0.25) is 0 Å². The van der Waals surface area contributed by atoms with E-state index in [0.29, 0.717) is 0 Å². The highest BCUT2D eigenvalue weighted by molar-refractivity contribution is 7.25. The van der Waals surface area contributed by atoms with Crippen LogP contribution in [0.2, 0.25) is 0 Å². The van der Waals surface area contributed by atoms with Crippen LogP contribution in [0.4, 0.5) is 17.1 Å². The fraction of sp³-hybridized carbons (Fsp3) is 0.0270. The summed E-state index contributed by atoms with van der Waals surface area (Å²) in [7, 11) is 0. The number of benzene rings is 12. The number of fused-ring (bicyclic) bond motifs is 18. The molecule has 0 fully saturated rings. The number of hydrogen-bond donors (Lipinski definition) is 0. The van der Waals surface area contributed by atoms with E-state index < -0.39 is 10.8 Å². The Morgan fingerprint density at radius 3 is 1.56 bits per heavy atom. The van der Waals surface area contributed by atoms with Crippen molar-refractivity contribution in [1.82, 2.24) is 4.57 Å². The average molecular weight is 995 g/mol. The van der Waals surface area contributed by atoms with E-state index in [1.165, 1.54) is 126 Å². The molecule has 3 heteroatoms. The van der Waals surface area contributed by atoms with Crippen molar-refractivity contribution in [1.29, 1.82) is 0 Å². The molecule has 0 amide bonds. The van der Waals surface area contributed by atoms with Crippen LogP contribution >= 0.6 is 11.3 Å². The molecule has 12 aromatic carbocycles. The monoisotopic (exact) mass is 994 g/mol. The largest absolute Gasteiger partial charge is 0.310 e. The lowest BCUT2D eigenvalue weighted by atomic mass is 9.65. The molecule has 77 heavy (non-hydrogen) atoms. The first-order chi connectivity index (χ1) is 38.2. The maximum atomic E-state index is 2.53. The van der Waals surface area contributed by atoms with Gasteiger partial charge in [0.25, 0.3) is 0 Å². The van der Waals surface area contributed by atoms with E-state index in [2.05, 4.69) is 289 Å². The van der Waals surface area contributed by atoms with Crippen LogP contribution in [-0.4, -0.2) is 4.57 Å². The Labute approximate surface area is 450 Å². The number of aromatic nitrogens is 1. The van der Waals surface area contributed by atoms with Gasteiger partial charge in [-0.25, -0.2) is 0 Å². The Bertz CT molecular complexity index is 4710. The second-order valence-corrected chi connectivity index (χ2v) is 22.1. The fourth-order valence-corrected chi connectivity index (χ4v) is 15.5. The lowest BCUT2D eigenvalue weighted by molar-refractivity contribution is 0.748. The second-order valence-electron chi connectivity index (χ2n) is 21.0. The second kappa shape index (κ2) is 16.0. The first kappa shape index (κ1) is 42.8. The highest BCUT2D eigenvalue weighted by atomic mass is 32.1. The molecule has 3 heterocycles. The third-order valence-electron chi connectivity index (χ3n) is 17.5. The number of hydrogen-bond acceptors (Lipinski definition) is 2. The van der Waals surface area contributed by atoms with Gasteiger partial charge in [-0.2, -0.15) is 0 Å². The molecule has 17 rings (SSSR count). The molecule has 1 aliphatic heterocycles. The summed E-state index contributed by atoms with van der Waals surface area (Å²) in [6.07, 6.45) is 0. The minimum absolute atomic E-state index is 0.502. The smallest absolute Gasteiger partial charge is 0.0755 e. The molecule has 2 nitrogen and oxygen atoms in total. The average Bonchev–Trinajstić information content (AvgIpc) is 4.40. The van der Waals surface area contributed by atoms with Crippen molar-refractivity contribution in [2.75, 3.05) is 4.90 Å². The van der Waals surface area contributed by atoms with Crippen LogP contribution in [-0.2, 0) is 10.8 Å². The van der Waals surface area contributed by atoms with Crippen LogP contribution in [0.25, 0.3) is 81.0 Å². The molecule has 2 aromatic heterocycles. The molecular formula is C74H46N2S. The first-order valence-electron chi connectivity index (χ1n) is 26.7. The van der Waals surface area contributed by atoms with Gasteiger partial charge in [-0.1, -0.05) is 212 Å². The zero-order valence-corrected chi connectivity index (χ0v) is 42.7. The van der Waals surface area contributed by atoms with Crippen LogP contribution in [0, 0.1) is 0 Å². The Morgan fingerprint density at radius 2 is 0.818 bits per heavy atom. The lowest BCUT2D eigenvalue weighted by Gasteiger charge is -2.40. The van der Waals surface area contributed by atoms with E-state index in [4.69, 9.17) is 0 Å². The standard InChI is InChI=1S/C74H46N2S/c1-2-17-49(18-3-1)73(62-25-9-4-19-54(62)55-20-5-10-26-63(55)73)50-36-40-52(41-37-50)75(51-38-33-47(34-39-51)48-35-44-71-61(45-48)59-23-8-15-32-70(59)77-71)53-42-43-57-56-21-6-11-27-64(56)74(67(57)46-53)65-28-12-14-31-69(65)76-68-30-13-7-22-58(68)60-24-16-29-66(74)72(60)76/h1-46H. The number of para-hydroxylation sites is 3. The van der Waals surface area contributed by atoms with Crippen molar-refractivity contribution in [2.24, 2.45) is 0 Å². The Kier molecular flexibility index (Phi) is 8.88. The lowest BCUT2D eigenvalue weighted by Crippen LogP contribution is -2.33. The van der Waals surface area contributed by atoms with Crippen molar-refractivity contribution in [3.63, 3.8) is 0 Å². The van der Waals surface area contributed by atoms with Crippen molar-refractivity contribution in [2.45, 2.75) is 10.8 Å². The Balaban J connectivity index is 0.889. The topological polar surface area (TPSA) is 8.17 Å². The summed E-state index contributed by atoms with van der Waals surface area (Å²) in [6.45, 7) is 0. The predicted molar refractivity (Wildman–Crippen MR) is 322 cm³/mol. The molecule has 2 aliphatic carbocycles. The third-order valence-corrected chi connectivity index (χ3v) is 18.6. The normalized spacial score (nSPS) is 15.2. The van der Waals surface area contributed by atoms with E-state index in [1.54, 1.807) is 0 Å². The molecule has 14 aromatic rings. The molecule has 1 spiro atoms. The molecule has 0 radical (unpaired) electrons. The molecule has 0 saturated heterocycles. The highest BCUT2D eigenvalue weighted by Gasteiger charge is 2.51. The van der Waals surface area contributed by atoms with Gasteiger partial charge in [-0.05, 0) is 145 Å². The molecule has 0 bridgehead atoms. The molecule has 0 saturated carbocycles. The van der Waals surface area contributed by atoms with E-state index in [1.807, 2.05) is 11.3 Å². The van der Waals surface area contributed by atoms with E-state index in [0.717, 1.165) is 17.1 Å². The minimum atomic E-state index is -0.586. The van der Waals surface area contributed by atoms with Crippen LogP contribution in [0.15, 0.2) is 279 Å². The van der Waals surface area contributed by atoms with Crippen molar-refractivity contribution in [3.8, 4) is 39.1 Å². The van der Waals surface area contributed by atoms with Gasteiger partial charge in [0.05, 0.1) is 27.6 Å². The van der Waals surface area contributed by atoms with E-state index >= 15 is 0 Å². The summed E-state index contributed by atoms with van der Waals surface area (Å²) in [6, 6.07) is 105. The molecule has 1 atom stereocenters. The summed E-state index contributed by atoms with van der Waals surface area (Å²) >= 11 is 1.86. The summed E-state index contributed by atoms with van der Waals surface area (Å²) in [5.74, 6) is 0. The van der Waals surface area contributed by atoms with Crippen LogP contribution in [0.3, 0.4) is 0 Å². The van der Waals surface area contributed by atoms with Gasteiger partial charge < -0.3 is 9.47 Å². The predicted octanol–water partition coefficient (Wildman–Crippen LogP) is 19.3. The summed E-state index contributed by atoms with van der Waals surface area (Å²) in [5.41, 5.74) is 23.8. The zero-order chi connectivity index (χ0) is 50.4. The van der Waals surface area contributed by atoms with Gasteiger partial charge >= 0.3 is 0 Å². The van der Waals surface area contributed by atoms with Crippen LogP contribution < -0.4 is 4.90 Å². The molecule has 358 valence electrons. The molecule has 1 unspecified atom stereocenters. The van der Waals surface area contributed by atoms with Crippen LogP contribution in [0.1, 0.15) is 44.5 Å². The van der Waals surface area contributed by atoms with Gasteiger partial charge in [0.15, 0.2) is 0 Å². The molecular weight excluding hydrogens is 949 g/mol. The SMILES string of the molecule is c1ccc(C2(c3ccc(N(c4ccc(-c5ccc6sc7ccccc7c6c5)cc4)c4ccc5c(c4)C4(c6ccccc6-5)c5ccccc5-n5c6ccccc6c6cccc4c65)cc3)c3ccccc3-c3ccccc32)cc1. The Hall–Kier alpha value is -9.54. The number of anilines is 3. The van der Waals surface area contributed by atoms with Gasteiger partial charge in [-0.15, -0.1) is 11.3 Å². The Morgan fingerprint density at radius 1 is 0.299 bits per heavy atom. The molecule has 0 N–H and O–H groups in total. The summed E-state index contributed by atoms with van der Waals surface area (Å²) < 4.78 is 5.17. The highest BCUT2D eigenvalue weighted by Crippen LogP contribution is 2.62. The minimum Gasteiger partial charge on any atom is -0.310 e. The number of nitrogens with zero attached hydrogens (tertiary/aromatic N) is 2. The summed E-state index contributed by atoms with van der Waals surface area (Å²) in [5, 5.41) is 5.18. The van der Waals surface area contributed by atoms with E-state index in [9.17, 15) is 0 Å². The van der Waals surface area contributed by atoms with Crippen molar-refractivity contribution < 1.29 is 0 Å². The van der Waals surface area contributed by atoms with Crippen molar-refractivity contribution in [3.05, 3.63) is 324 Å². The maximum Gasteiger partial charge on any atom is 0.0755 e. The third kappa shape index (κ3) is 5.68. The maximum absolute atomic E-state index is 2.53. The summed E-state index contributed by atoms with van der Waals surface area (Å²) in [4.78, 5) is 2.48. The van der Waals surface area contributed by atoms with Gasteiger partial charge in [0, 0.05) is 48.0 Å². The van der Waals surface area contributed by atoms with Gasteiger partial charge in [0.2, 0.25) is 0 Å². The van der Waals surface area contributed by atoms with Crippen LogP contribution in [0.5, 0.6) is 0 Å². The fourth-order valence-electron chi connectivity index (χ4n) is 14.4.